The maximum atomic E-state index is 13.3. The van der Waals surface area contributed by atoms with Gasteiger partial charge >= 0.3 is 0 Å². The van der Waals surface area contributed by atoms with Crippen molar-refractivity contribution in [1.82, 2.24) is 20.1 Å². The van der Waals surface area contributed by atoms with Crippen LogP contribution < -0.4 is 10.1 Å². The van der Waals surface area contributed by atoms with Crippen LogP contribution in [0, 0.1) is 12.7 Å². The van der Waals surface area contributed by atoms with E-state index in [1.807, 2.05) is 26.8 Å². The van der Waals surface area contributed by atoms with Crippen LogP contribution in [-0.4, -0.2) is 20.8 Å². The van der Waals surface area contributed by atoms with Crippen LogP contribution in [0.2, 0.25) is 0 Å². The Labute approximate surface area is 117 Å². The molecule has 0 saturated carbocycles. The number of hydrogen-bond acceptors (Lipinski definition) is 4. The minimum absolute atomic E-state index is 0.296. The zero-order valence-electron chi connectivity index (χ0n) is 12.1. The van der Waals surface area contributed by atoms with Gasteiger partial charge in [0, 0.05) is 31.3 Å². The number of nitrogens with zero attached hydrogens (tertiary/aromatic N) is 3. The Hall–Kier alpha value is -1.95. The molecule has 0 bridgehead atoms. The van der Waals surface area contributed by atoms with E-state index >= 15 is 0 Å². The van der Waals surface area contributed by atoms with E-state index in [-0.39, 0.29) is 5.82 Å². The predicted octanol–water partition coefficient (Wildman–Crippen LogP) is 2.55. The summed E-state index contributed by atoms with van der Waals surface area (Å²) in [4.78, 5) is 4.02. The smallest absolute Gasteiger partial charge is 0.225 e. The molecule has 0 radical (unpaired) electrons. The Bertz CT molecular complexity index is 595. The molecule has 0 fully saturated rings. The van der Waals surface area contributed by atoms with Crippen molar-refractivity contribution >= 4 is 0 Å². The fourth-order valence-corrected chi connectivity index (χ4v) is 1.78. The van der Waals surface area contributed by atoms with Gasteiger partial charge in [0.1, 0.15) is 5.82 Å². The van der Waals surface area contributed by atoms with Gasteiger partial charge in [0.2, 0.25) is 11.8 Å². The van der Waals surface area contributed by atoms with E-state index in [0.717, 1.165) is 11.9 Å². The highest BCUT2D eigenvalue weighted by atomic mass is 19.1. The van der Waals surface area contributed by atoms with E-state index in [9.17, 15) is 4.39 Å². The lowest BCUT2D eigenvalue weighted by atomic mass is 10.2. The molecular formula is C14H19FN4O. The van der Waals surface area contributed by atoms with Crippen molar-refractivity contribution in [2.45, 2.75) is 33.4 Å². The Kier molecular flexibility index (Phi) is 4.34. The molecule has 6 heteroatoms. The summed E-state index contributed by atoms with van der Waals surface area (Å²) in [5, 5.41) is 7.43. The second kappa shape index (κ2) is 6.00. The monoisotopic (exact) mass is 278 g/mol. The maximum Gasteiger partial charge on any atom is 0.225 e. The van der Waals surface area contributed by atoms with Crippen molar-refractivity contribution in [3.63, 3.8) is 0 Å². The number of rotatable bonds is 5. The maximum absolute atomic E-state index is 13.3. The molecule has 0 spiro atoms. The van der Waals surface area contributed by atoms with E-state index < -0.39 is 0 Å². The molecule has 2 aromatic heterocycles. The second-order valence-corrected chi connectivity index (χ2v) is 5.00. The summed E-state index contributed by atoms with van der Waals surface area (Å²) in [6.45, 7) is 6.43. The third-order valence-corrected chi connectivity index (χ3v) is 2.75. The number of hydrogen-bond donors (Lipinski definition) is 1. The van der Waals surface area contributed by atoms with Gasteiger partial charge in [-0.25, -0.2) is 14.1 Å². The molecule has 0 aliphatic heterocycles. The minimum Gasteiger partial charge on any atom is -0.421 e. The molecule has 5 nitrogen and oxygen atoms in total. The zero-order chi connectivity index (χ0) is 14.7. The van der Waals surface area contributed by atoms with Crippen molar-refractivity contribution in [2.24, 2.45) is 7.05 Å². The highest BCUT2D eigenvalue weighted by Gasteiger charge is 2.11. The Balaban J connectivity index is 2.24. The van der Waals surface area contributed by atoms with Gasteiger partial charge in [0.05, 0.1) is 11.9 Å². The first-order chi connectivity index (χ1) is 9.45. The van der Waals surface area contributed by atoms with Crippen LogP contribution in [0.1, 0.15) is 25.1 Å². The van der Waals surface area contributed by atoms with E-state index in [1.54, 1.807) is 11.7 Å². The molecule has 2 aromatic rings. The Morgan fingerprint density at radius 2 is 2.15 bits per heavy atom. The lowest BCUT2D eigenvalue weighted by Gasteiger charge is -2.12. The molecular weight excluding hydrogens is 259 g/mol. The molecule has 1 N–H and O–H groups in total. The Morgan fingerprint density at radius 3 is 2.75 bits per heavy atom. The molecule has 2 rings (SSSR count). The molecule has 0 atom stereocenters. The van der Waals surface area contributed by atoms with Crippen molar-refractivity contribution in [3.05, 3.63) is 35.4 Å². The van der Waals surface area contributed by atoms with Crippen LogP contribution in [0.3, 0.4) is 0 Å². The first-order valence-electron chi connectivity index (χ1n) is 6.52. The van der Waals surface area contributed by atoms with Crippen LogP contribution in [0.5, 0.6) is 11.8 Å². The van der Waals surface area contributed by atoms with E-state index in [2.05, 4.69) is 15.4 Å². The number of ether oxygens (including phenoxy) is 1. The highest BCUT2D eigenvalue weighted by Crippen LogP contribution is 2.24. The van der Waals surface area contributed by atoms with Gasteiger partial charge < -0.3 is 10.1 Å². The lowest BCUT2D eigenvalue weighted by molar-refractivity contribution is 0.404. The summed E-state index contributed by atoms with van der Waals surface area (Å²) in [6, 6.07) is 3.54. The molecule has 108 valence electrons. The third kappa shape index (κ3) is 3.54. The number of halogens is 1. The van der Waals surface area contributed by atoms with Crippen molar-refractivity contribution in [2.75, 3.05) is 0 Å². The summed E-state index contributed by atoms with van der Waals surface area (Å²) in [7, 11) is 1.79. The van der Waals surface area contributed by atoms with Gasteiger partial charge in [-0.1, -0.05) is 13.8 Å². The number of aryl methyl sites for hydroxylation is 2. The van der Waals surface area contributed by atoms with Gasteiger partial charge in [-0.3, -0.25) is 0 Å². The predicted molar refractivity (Wildman–Crippen MR) is 74.2 cm³/mol. The van der Waals surface area contributed by atoms with Gasteiger partial charge in [0.15, 0.2) is 0 Å². The average Bonchev–Trinajstić information content (AvgIpc) is 2.68. The standard InChI is InChI=1S/C14H19FN4O/c1-9(2)16-7-11-6-12(15)8-17-14(11)20-13-5-10(3)18-19(13)4/h5-6,8-9,16H,7H2,1-4H3. The number of aromatic nitrogens is 3. The average molecular weight is 278 g/mol. The summed E-state index contributed by atoms with van der Waals surface area (Å²) in [5.41, 5.74) is 1.53. The lowest BCUT2D eigenvalue weighted by Crippen LogP contribution is -2.22. The normalized spacial score (nSPS) is 11.1. The molecule has 0 saturated heterocycles. The van der Waals surface area contributed by atoms with E-state index in [4.69, 9.17) is 4.74 Å². The largest absolute Gasteiger partial charge is 0.421 e. The van der Waals surface area contributed by atoms with Gasteiger partial charge in [-0.2, -0.15) is 5.10 Å². The van der Waals surface area contributed by atoms with Crippen molar-refractivity contribution in [3.8, 4) is 11.8 Å². The van der Waals surface area contributed by atoms with Crippen LogP contribution >= 0.6 is 0 Å². The molecule has 2 heterocycles. The van der Waals surface area contributed by atoms with Gasteiger partial charge in [0.25, 0.3) is 0 Å². The molecule has 0 aliphatic rings. The zero-order valence-corrected chi connectivity index (χ0v) is 12.1. The van der Waals surface area contributed by atoms with E-state index in [1.165, 1.54) is 6.07 Å². The molecule has 0 amide bonds. The molecule has 0 aliphatic carbocycles. The summed E-state index contributed by atoms with van der Waals surface area (Å²) in [6.07, 6.45) is 1.15. The van der Waals surface area contributed by atoms with Crippen LogP contribution in [0.25, 0.3) is 0 Å². The fourth-order valence-electron chi connectivity index (χ4n) is 1.78. The van der Waals surface area contributed by atoms with Gasteiger partial charge in [-0.15, -0.1) is 0 Å². The summed E-state index contributed by atoms with van der Waals surface area (Å²) < 4.78 is 20.7. The fraction of sp³-hybridized carbons (Fsp3) is 0.429. The SMILES string of the molecule is Cc1cc(Oc2ncc(F)cc2CNC(C)C)n(C)n1. The molecule has 0 unspecified atom stereocenters. The molecule has 0 aromatic carbocycles. The van der Waals surface area contributed by atoms with Crippen LogP contribution in [0.4, 0.5) is 4.39 Å². The summed E-state index contributed by atoms with van der Waals surface area (Å²) in [5.74, 6) is 0.592. The first-order valence-corrected chi connectivity index (χ1v) is 6.52. The third-order valence-electron chi connectivity index (χ3n) is 2.75. The van der Waals surface area contributed by atoms with Crippen molar-refractivity contribution in [1.29, 1.82) is 0 Å². The summed E-state index contributed by atoms with van der Waals surface area (Å²) >= 11 is 0. The van der Waals surface area contributed by atoms with Crippen LogP contribution in [0.15, 0.2) is 18.3 Å². The number of nitrogens with one attached hydrogen (secondary N) is 1. The number of pyridine rings is 1. The van der Waals surface area contributed by atoms with E-state index in [0.29, 0.717) is 29.9 Å². The van der Waals surface area contributed by atoms with Gasteiger partial charge in [-0.05, 0) is 13.0 Å². The highest BCUT2D eigenvalue weighted by molar-refractivity contribution is 5.30. The second-order valence-electron chi connectivity index (χ2n) is 5.00. The topological polar surface area (TPSA) is 52.0 Å². The quantitative estimate of drug-likeness (QED) is 0.913. The van der Waals surface area contributed by atoms with Crippen LogP contribution in [-0.2, 0) is 13.6 Å². The van der Waals surface area contributed by atoms with Crippen molar-refractivity contribution < 1.29 is 9.13 Å². The Morgan fingerprint density at radius 1 is 1.40 bits per heavy atom. The minimum atomic E-state index is -0.376. The molecule has 20 heavy (non-hydrogen) atoms. The first kappa shape index (κ1) is 14.5.